The van der Waals surface area contributed by atoms with E-state index in [1.54, 1.807) is 0 Å². The fraction of sp³-hybridized carbons (Fsp3) is 0.133. The number of nitro groups is 1. The standard InChI is InChI=1S/C15H10F4N2O4/c1-7-10(3-2-4-11(7)21(23)24)20-12(22)6-25-15-13(18)8(16)5-9(17)14(15)19/h2-5H,6H2,1H3,(H,20,22). The first-order valence-electron chi connectivity index (χ1n) is 6.72. The number of ether oxygens (including phenoxy) is 1. The van der Waals surface area contributed by atoms with Gasteiger partial charge in [0.05, 0.1) is 16.2 Å². The van der Waals surface area contributed by atoms with E-state index >= 15 is 0 Å². The van der Waals surface area contributed by atoms with Gasteiger partial charge in [-0.3, -0.25) is 14.9 Å². The summed E-state index contributed by atoms with van der Waals surface area (Å²) in [5.41, 5.74) is -0.0211. The lowest BCUT2D eigenvalue weighted by molar-refractivity contribution is -0.385. The van der Waals surface area contributed by atoms with Gasteiger partial charge in [0.1, 0.15) is 0 Å². The average molecular weight is 358 g/mol. The smallest absolute Gasteiger partial charge is 0.274 e. The fourth-order valence-corrected chi connectivity index (χ4v) is 1.96. The quantitative estimate of drug-likeness (QED) is 0.384. The molecule has 2 rings (SSSR count). The summed E-state index contributed by atoms with van der Waals surface area (Å²) in [5, 5.41) is 13.1. The highest BCUT2D eigenvalue weighted by Crippen LogP contribution is 2.27. The Balaban J connectivity index is 2.13. The molecule has 1 N–H and O–H groups in total. The van der Waals surface area contributed by atoms with Crippen molar-refractivity contribution < 1.29 is 32.0 Å². The molecule has 6 nitrogen and oxygen atoms in total. The molecule has 0 aromatic heterocycles. The molecule has 0 bridgehead atoms. The number of rotatable bonds is 5. The van der Waals surface area contributed by atoms with Gasteiger partial charge in [0, 0.05) is 12.1 Å². The fourth-order valence-electron chi connectivity index (χ4n) is 1.96. The van der Waals surface area contributed by atoms with Crippen molar-refractivity contribution in [2.75, 3.05) is 11.9 Å². The Bertz CT molecular complexity index is 832. The number of halogens is 4. The van der Waals surface area contributed by atoms with Crippen molar-refractivity contribution in [3.8, 4) is 5.75 Å². The van der Waals surface area contributed by atoms with E-state index in [-0.39, 0.29) is 23.0 Å². The van der Waals surface area contributed by atoms with Crippen molar-refractivity contribution in [2.45, 2.75) is 6.92 Å². The van der Waals surface area contributed by atoms with Crippen LogP contribution < -0.4 is 10.1 Å². The highest BCUT2D eigenvalue weighted by atomic mass is 19.2. The van der Waals surface area contributed by atoms with Crippen LogP contribution in [0.5, 0.6) is 5.75 Å². The largest absolute Gasteiger partial charge is 0.477 e. The Kier molecular flexibility index (Phi) is 5.20. The SMILES string of the molecule is Cc1c(NC(=O)COc2c(F)c(F)cc(F)c2F)cccc1[N+](=O)[O-]. The maximum absolute atomic E-state index is 13.4. The van der Waals surface area contributed by atoms with Gasteiger partial charge in [0.2, 0.25) is 11.6 Å². The molecule has 0 heterocycles. The molecule has 0 unspecified atom stereocenters. The van der Waals surface area contributed by atoms with Crippen LogP contribution in [-0.2, 0) is 4.79 Å². The monoisotopic (exact) mass is 358 g/mol. The zero-order valence-electron chi connectivity index (χ0n) is 12.6. The van der Waals surface area contributed by atoms with Crippen LogP contribution >= 0.6 is 0 Å². The van der Waals surface area contributed by atoms with Crippen LogP contribution in [-0.4, -0.2) is 17.4 Å². The van der Waals surface area contributed by atoms with Gasteiger partial charge in [-0.15, -0.1) is 0 Å². The van der Waals surface area contributed by atoms with Gasteiger partial charge in [0.25, 0.3) is 11.6 Å². The molecule has 0 atom stereocenters. The summed E-state index contributed by atoms with van der Waals surface area (Å²) in [5.74, 6) is -9.22. The summed E-state index contributed by atoms with van der Waals surface area (Å²) in [6.07, 6.45) is 0. The molecule has 0 fully saturated rings. The summed E-state index contributed by atoms with van der Waals surface area (Å²) in [4.78, 5) is 21.9. The number of carbonyl (C=O) groups is 1. The molecule has 2 aromatic carbocycles. The van der Waals surface area contributed by atoms with E-state index in [4.69, 9.17) is 0 Å². The normalized spacial score (nSPS) is 10.4. The van der Waals surface area contributed by atoms with E-state index in [1.807, 2.05) is 0 Å². The highest BCUT2D eigenvalue weighted by Gasteiger charge is 2.22. The Morgan fingerprint density at radius 2 is 1.80 bits per heavy atom. The lowest BCUT2D eigenvalue weighted by atomic mass is 10.1. The second kappa shape index (κ2) is 7.16. The van der Waals surface area contributed by atoms with Crippen molar-refractivity contribution in [1.29, 1.82) is 0 Å². The Morgan fingerprint density at radius 3 is 2.36 bits per heavy atom. The molecule has 25 heavy (non-hydrogen) atoms. The molecule has 0 saturated carbocycles. The Labute approximate surface area is 138 Å². The molecule has 0 radical (unpaired) electrons. The lowest BCUT2D eigenvalue weighted by Crippen LogP contribution is -2.21. The van der Waals surface area contributed by atoms with Gasteiger partial charge >= 0.3 is 0 Å². The molecule has 2 aromatic rings. The molecule has 0 spiro atoms. The van der Waals surface area contributed by atoms with Crippen molar-refractivity contribution >= 4 is 17.3 Å². The van der Waals surface area contributed by atoms with Crippen LogP contribution in [0.1, 0.15) is 5.56 Å². The number of nitro benzene ring substituents is 1. The van der Waals surface area contributed by atoms with Crippen LogP contribution in [0.25, 0.3) is 0 Å². The first-order valence-corrected chi connectivity index (χ1v) is 6.72. The van der Waals surface area contributed by atoms with E-state index in [1.165, 1.54) is 25.1 Å². The van der Waals surface area contributed by atoms with Gasteiger partial charge in [-0.25, -0.2) is 8.78 Å². The predicted octanol–water partition coefficient (Wildman–Crippen LogP) is 3.48. The zero-order valence-corrected chi connectivity index (χ0v) is 12.6. The third kappa shape index (κ3) is 3.84. The van der Waals surface area contributed by atoms with E-state index in [9.17, 15) is 32.5 Å². The minimum absolute atomic E-state index is 0.00403. The Hall–Kier alpha value is -3.17. The second-order valence-corrected chi connectivity index (χ2v) is 4.84. The summed E-state index contributed by atoms with van der Waals surface area (Å²) in [7, 11) is 0. The van der Waals surface area contributed by atoms with E-state index in [0.717, 1.165) is 0 Å². The molecule has 0 saturated heterocycles. The van der Waals surface area contributed by atoms with Crippen molar-refractivity contribution in [2.24, 2.45) is 0 Å². The molecule has 10 heteroatoms. The number of benzene rings is 2. The van der Waals surface area contributed by atoms with Crippen LogP contribution in [0.15, 0.2) is 24.3 Å². The van der Waals surface area contributed by atoms with E-state index < -0.39 is 46.5 Å². The van der Waals surface area contributed by atoms with E-state index in [0.29, 0.717) is 0 Å². The summed E-state index contributed by atoms with van der Waals surface area (Å²) in [6, 6.07) is 3.91. The number of amides is 1. The molecular formula is C15H10F4N2O4. The number of carbonyl (C=O) groups excluding carboxylic acids is 1. The summed E-state index contributed by atoms with van der Waals surface area (Å²) >= 11 is 0. The number of hydrogen-bond acceptors (Lipinski definition) is 4. The van der Waals surface area contributed by atoms with Crippen LogP contribution in [0.3, 0.4) is 0 Å². The van der Waals surface area contributed by atoms with Gasteiger partial charge in [-0.05, 0) is 13.0 Å². The minimum atomic E-state index is -1.78. The first-order chi connectivity index (χ1) is 11.7. The van der Waals surface area contributed by atoms with Crippen LogP contribution in [0.4, 0.5) is 28.9 Å². The molecule has 132 valence electrons. The molecule has 0 aliphatic heterocycles. The number of hydrogen-bond donors (Lipinski definition) is 1. The van der Waals surface area contributed by atoms with Crippen LogP contribution in [0, 0.1) is 40.3 Å². The second-order valence-electron chi connectivity index (χ2n) is 4.84. The number of nitrogens with one attached hydrogen (secondary N) is 1. The predicted molar refractivity (Wildman–Crippen MR) is 78.2 cm³/mol. The van der Waals surface area contributed by atoms with Gasteiger partial charge < -0.3 is 10.1 Å². The van der Waals surface area contributed by atoms with Gasteiger partial charge in [-0.1, -0.05) is 6.07 Å². The number of anilines is 1. The molecule has 0 aliphatic rings. The van der Waals surface area contributed by atoms with Crippen molar-refractivity contribution in [3.63, 3.8) is 0 Å². The minimum Gasteiger partial charge on any atom is -0.477 e. The Morgan fingerprint density at radius 1 is 1.20 bits per heavy atom. The highest BCUT2D eigenvalue weighted by molar-refractivity contribution is 5.93. The maximum atomic E-state index is 13.4. The summed E-state index contributed by atoms with van der Waals surface area (Å²) in [6.45, 7) is 0.411. The molecule has 1 amide bonds. The maximum Gasteiger partial charge on any atom is 0.274 e. The van der Waals surface area contributed by atoms with Gasteiger partial charge in [0.15, 0.2) is 24.0 Å². The van der Waals surface area contributed by atoms with Crippen molar-refractivity contribution in [3.05, 3.63) is 63.2 Å². The lowest BCUT2D eigenvalue weighted by Gasteiger charge is -2.11. The molecule has 0 aliphatic carbocycles. The van der Waals surface area contributed by atoms with Crippen molar-refractivity contribution in [1.82, 2.24) is 0 Å². The van der Waals surface area contributed by atoms with Gasteiger partial charge in [-0.2, -0.15) is 8.78 Å². The zero-order chi connectivity index (χ0) is 18.7. The third-order valence-electron chi connectivity index (χ3n) is 3.20. The number of nitrogens with zero attached hydrogens (tertiary/aromatic N) is 1. The molecular weight excluding hydrogens is 348 g/mol. The van der Waals surface area contributed by atoms with Crippen LogP contribution in [0.2, 0.25) is 0 Å². The van der Waals surface area contributed by atoms with E-state index in [2.05, 4.69) is 10.1 Å². The topological polar surface area (TPSA) is 81.5 Å². The summed E-state index contributed by atoms with van der Waals surface area (Å²) < 4.78 is 57.4. The average Bonchev–Trinajstić information content (AvgIpc) is 2.54. The first kappa shape index (κ1) is 18.2. The third-order valence-corrected chi connectivity index (χ3v) is 3.20.